The molecule has 0 aliphatic carbocycles. The molecule has 4 rings (SSSR count). The van der Waals surface area contributed by atoms with Gasteiger partial charge in [-0.3, -0.25) is 9.59 Å². The van der Waals surface area contributed by atoms with Gasteiger partial charge in [-0.15, -0.1) is 0 Å². The van der Waals surface area contributed by atoms with E-state index in [4.69, 9.17) is 0 Å². The summed E-state index contributed by atoms with van der Waals surface area (Å²) in [4.78, 5) is 29.9. The summed E-state index contributed by atoms with van der Waals surface area (Å²) in [5, 5.41) is 2.88. The van der Waals surface area contributed by atoms with E-state index in [1.807, 2.05) is 35.2 Å². The number of anilines is 1. The zero-order valence-electron chi connectivity index (χ0n) is 19.5. The Morgan fingerprint density at radius 1 is 0.944 bits per heavy atom. The Kier molecular flexibility index (Phi) is 7.94. The average Bonchev–Trinajstić information content (AvgIpc) is 2.87. The van der Waals surface area contributed by atoms with Crippen LogP contribution in [-0.4, -0.2) is 57.6 Å². The van der Waals surface area contributed by atoms with E-state index in [1.54, 1.807) is 29.2 Å². The molecule has 3 aromatic rings. The van der Waals surface area contributed by atoms with Crippen molar-refractivity contribution in [1.29, 1.82) is 0 Å². The molecule has 0 spiro atoms. The fraction of sp³-hybridized carbons (Fsp3) is 0.231. The van der Waals surface area contributed by atoms with Gasteiger partial charge in [-0.05, 0) is 70.6 Å². The van der Waals surface area contributed by atoms with E-state index in [1.165, 1.54) is 12.1 Å². The lowest BCUT2D eigenvalue weighted by molar-refractivity contribution is -0.133. The van der Waals surface area contributed by atoms with Crippen molar-refractivity contribution in [2.45, 2.75) is 10.9 Å². The summed E-state index contributed by atoms with van der Waals surface area (Å²) in [6, 6.07) is 19.0. The quantitative estimate of drug-likeness (QED) is 0.425. The van der Waals surface area contributed by atoms with E-state index in [2.05, 4.69) is 27.9 Å². The number of carbonyl (C=O) groups excluding carboxylic acids is 2. The van der Waals surface area contributed by atoms with Gasteiger partial charge in [0.05, 0.1) is 10.6 Å². The highest BCUT2D eigenvalue weighted by molar-refractivity contribution is 14.1. The second kappa shape index (κ2) is 11.0. The van der Waals surface area contributed by atoms with Gasteiger partial charge < -0.3 is 15.1 Å². The molecule has 1 heterocycles. The van der Waals surface area contributed by atoms with E-state index < -0.39 is 21.7 Å². The molecule has 1 atom stereocenters. The van der Waals surface area contributed by atoms with Crippen molar-refractivity contribution in [2.24, 2.45) is 0 Å². The molecule has 2 amide bonds. The lowest BCUT2D eigenvalue weighted by Crippen LogP contribution is -2.52. The predicted octanol–water partition coefficient (Wildman–Crippen LogP) is 3.65. The van der Waals surface area contributed by atoms with Gasteiger partial charge in [-0.25, -0.2) is 12.8 Å². The Hall–Kier alpha value is -2.99. The third-order valence-electron chi connectivity index (χ3n) is 6.02. The van der Waals surface area contributed by atoms with Crippen LogP contribution in [0, 0.1) is 9.39 Å². The number of halogens is 2. The summed E-state index contributed by atoms with van der Waals surface area (Å²) in [5.41, 5.74) is 1.54. The number of benzene rings is 3. The summed E-state index contributed by atoms with van der Waals surface area (Å²) in [6.07, 6.45) is 1.05. The smallest absolute Gasteiger partial charge is 0.252 e. The molecule has 1 N–H and O–H groups in total. The van der Waals surface area contributed by atoms with Crippen LogP contribution < -0.4 is 10.2 Å². The first-order valence-electron chi connectivity index (χ1n) is 11.3. The maximum atomic E-state index is 13.7. The van der Waals surface area contributed by atoms with Crippen molar-refractivity contribution in [3.05, 3.63) is 93.3 Å². The zero-order chi connectivity index (χ0) is 25.9. The van der Waals surface area contributed by atoms with Gasteiger partial charge >= 0.3 is 0 Å². The number of nitrogens with one attached hydrogen (secondary N) is 1. The molecule has 1 aliphatic rings. The monoisotopic (exact) mass is 621 g/mol. The summed E-state index contributed by atoms with van der Waals surface area (Å²) in [6.45, 7) is 1.38. The van der Waals surface area contributed by atoms with Crippen molar-refractivity contribution in [2.75, 3.05) is 37.3 Å². The number of piperazine rings is 1. The molecule has 0 unspecified atom stereocenters. The van der Waals surface area contributed by atoms with E-state index in [9.17, 15) is 22.4 Å². The van der Waals surface area contributed by atoms with Gasteiger partial charge in [0, 0.05) is 41.6 Å². The van der Waals surface area contributed by atoms with Crippen LogP contribution in [0.4, 0.5) is 10.1 Å². The van der Waals surface area contributed by atoms with Crippen LogP contribution in [0.25, 0.3) is 0 Å². The van der Waals surface area contributed by atoms with Crippen molar-refractivity contribution >= 4 is 49.9 Å². The van der Waals surface area contributed by atoms with Gasteiger partial charge in [-0.1, -0.05) is 30.3 Å². The highest BCUT2D eigenvalue weighted by Gasteiger charge is 2.31. The molecule has 10 heteroatoms. The lowest BCUT2D eigenvalue weighted by atomic mass is 10.0. The van der Waals surface area contributed by atoms with Crippen LogP contribution in [0.3, 0.4) is 0 Å². The van der Waals surface area contributed by atoms with Gasteiger partial charge in [0.25, 0.3) is 5.91 Å². The molecule has 1 saturated heterocycles. The second-order valence-corrected chi connectivity index (χ2v) is 11.8. The van der Waals surface area contributed by atoms with E-state index >= 15 is 0 Å². The number of hydrogen-bond donors (Lipinski definition) is 1. The summed E-state index contributed by atoms with van der Waals surface area (Å²) >= 11 is 2.16. The predicted molar refractivity (Wildman–Crippen MR) is 144 cm³/mol. The van der Waals surface area contributed by atoms with E-state index in [0.717, 1.165) is 15.9 Å². The Morgan fingerprint density at radius 3 is 2.19 bits per heavy atom. The first-order valence-corrected chi connectivity index (χ1v) is 14.3. The van der Waals surface area contributed by atoms with Crippen molar-refractivity contribution in [1.82, 2.24) is 10.2 Å². The first kappa shape index (κ1) is 26.1. The van der Waals surface area contributed by atoms with Crippen molar-refractivity contribution < 1.29 is 22.4 Å². The maximum Gasteiger partial charge on any atom is 0.252 e. The fourth-order valence-corrected chi connectivity index (χ4v) is 5.41. The molecule has 0 saturated carbocycles. The largest absolute Gasteiger partial charge is 0.367 e. The molecular weight excluding hydrogens is 596 g/mol. The third-order valence-corrected chi connectivity index (χ3v) is 7.86. The summed E-state index contributed by atoms with van der Waals surface area (Å²) in [7, 11) is -3.64. The van der Waals surface area contributed by atoms with Gasteiger partial charge in [0.1, 0.15) is 11.9 Å². The van der Waals surface area contributed by atoms with Gasteiger partial charge in [0.2, 0.25) is 5.91 Å². The minimum absolute atomic E-state index is 0.0748. The zero-order valence-corrected chi connectivity index (χ0v) is 22.5. The number of carbonyl (C=O) groups is 2. The second-order valence-electron chi connectivity index (χ2n) is 8.52. The molecule has 1 fully saturated rings. The van der Waals surface area contributed by atoms with Gasteiger partial charge in [0.15, 0.2) is 9.84 Å². The van der Waals surface area contributed by atoms with Crippen LogP contribution in [0.5, 0.6) is 0 Å². The van der Waals surface area contributed by atoms with Crippen LogP contribution in [-0.2, 0) is 14.6 Å². The summed E-state index contributed by atoms with van der Waals surface area (Å²) in [5.74, 6) is -1.22. The van der Waals surface area contributed by atoms with Crippen molar-refractivity contribution in [3.8, 4) is 0 Å². The lowest BCUT2D eigenvalue weighted by Gasteiger charge is -2.38. The van der Waals surface area contributed by atoms with Crippen LogP contribution >= 0.6 is 22.6 Å². The molecule has 188 valence electrons. The minimum atomic E-state index is -3.64. The van der Waals surface area contributed by atoms with E-state index in [-0.39, 0.29) is 16.7 Å². The average molecular weight is 621 g/mol. The molecule has 36 heavy (non-hydrogen) atoms. The van der Waals surface area contributed by atoms with Crippen LogP contribution in [0.1, 0.15) is 22.0 Å². The normalized spacial score (nSPS) is 14.9. The molecule has 3 aromatic carbocycles. The number of amides is 2. The SMILES string of the molecule is CS(=O)(=O)c1cc(F)ccc1N1CCN(C(=O)[C@H](NC(=O)c2ccc(I)cc2)c2ccccc2)CC1. The topological polar surface area (TPSA) is 86.8 Å². The molecule has 7 nitrogen and oxygen atoms in total. The third kappa shape index (κ3) is 6.04. The van der Waals surface area contributed by atoms with Crippen molar-refractivity contribution in [3.63, 3.8) is 0 Å². The molecular formula is C26H25FIN3O4S. The molecule has 0 radical (unpaired) electrons. The van der Waals surface area contributed by atoms with Crippen LogP contribution in [0.15, 0.2) is 77.7 Å². The first-order chi connectivity index (χ1) is 17.1. The molecule has 0 bridgehead atoms. The number of nitrogens with zero attached hydrogens (tertiary/aromatic N) is 2. The highest BCUT2D eigenvalue weighted by atomic mass is 127. The molecule has 1 aliphatic heterocycles. The van der Waals surface area contributed by atoms with Gasteiger partial charge in [-0.2, -0.15) is 0 Å². The summed E-state index contributed by atoms with van der Waals surface area (Å²) < 4.78 is 39.2. The number of hydrogen-bond acceptors (Lipinski definition) is 5. The Balaban J connectivity index is 1.52. The van der Waals surface area contributed by atoms with E-state index in [0.29, 0.717) is 43.0 Å². The number of sulfone groups is 1. The fourth-order valence-electron chi connectivity index (χ4n) is 4.15. The Morgan fingerprint density at radius 2 is 1.58 bits per heavy atom. The van der Waals surface area contributed by atoms with Crippen LogP contribution in [0.2, 0.25) is 0 Å². The standard InChI is InChI=1S/C26H25FIN3O4S/c1-36(34,35)23-17-20(27)9-12-22(23)30-13-15-31(16-14-30)26(33)24(18-5-3-2-4-6-18)29-25(32)19-7-10-21(28)11-8-19/h2-12,17,24H,13-16H2,1H3,(H,29,32)/t24-/m1/s1. The minimum Gasteiger partial charge on any atom is -0.367 e. The number of rotatable bonds is 6. The Labute approximate surface area is 223 Å². The Bertz CT molecular complexity index is 1360. The molecule has 0 aromatic heterocycles. The highest BCUT2D eigenvalue weighted by Crippen LogP contribution is 2.28. The maximum absolute atomic E-state index is 13.7.